The van der Waals surface area contributed by atoms with Crippen molar-refractivity contribution in [3.63, 3.8) is 0 Å². The van der Waals surface area contributed by atoms with E-state index in [4.69, 9.17) is 23.2 Å². The first-order valence-corrected chi connectivity index (χ1v) is 10.3. The second-order valence-corrected chi connectivity index (χ2v) is 7.84. The van der Waals surface area contributed by atoms with Crippen LogP contribution in [0.25, 0.3) is 11.0 Å². The third-order valence-electron chi connectivity index (χ3n) is 5.16. The number of anilines is 2. The first-order valence-electron chi connectivity index (χ1n) is 9.56. The highest BCUT2D eigenvalue weighted by atomic mass is 35.5. The van der Waals surface area contributed by atoms with E-state index in [1.165, 1.54) is 0 Å². The standard InChI is InChI=1S/C20H18Cl2N8/c21-15-3-2-14(17(22)10-15)12-30-19-16(11-27-30)18(25-13-26-19)28-6-8-29(9-7-28)20-23-4-1-5-24-20/h1-5,10-11,13H,6-9,12H2. The van der Waals surface area contributed by atoms with E-state index in [0.29, 0.717) is 16.6 Å². The number of halogens is 2. The van der Waals surface area contributed by atoms with Crippen LogP contribution in [0.15, 0.2) is 49.2 Å². The molecule has 1 aliphatic rings. The first-order chi connectivity index (χ1) is 14.7. The molecule has 0 N–H and O–H groups in total. The van der Waals surface area contributed by atoms with E-state index in [1.54, 1.807) is 24.8 Å². The maximum Gasteiger partial charge on any atom is 0.225 e. The van der Waals surface area contributed by atoms with Gasteiger partial charge in [-0.2, -0.15) is 5.10 Å². The van der Waals surface area contributed by atoms with E-state index in [2.05, 4.69) is 34.8 Å². The molecule has 1 fully saturated rings. The zero-order valence-electron chi connectivity index (χ0n) is 16.0. The normalized spacial score (nSPS) is 14.5. The Kier molecular flexibility index (Phi) is 5.10. The first kappa shape index (κ1) is 19.0. The largest absolute Gasteiger partial charge is 0.352 e. The average Bonchev–Trinajstić information content (AvgIpc) is 3.19. The van der Waals surface area contributed by atoms with Crippen molar-refractivity contribution in [1.82, 2.24) is 29.7 Å². The minimum Gasteiger partial charge on any atom is -0.352 e. The average molecular weight is 441 g/mol. The van der Waals surface area contributed by atoms with Crippen molar-refractivity contribution in [1.29, 1.82) is 0 Å². The molecular formula is C20H18Cl2N8. The van der Waals surface area contributed by atoms with Crippen molar-refractivity contribution < 1.29 is 0 Å². The van der Waals surface area contributed by atoms with Crippen molar-refractivity contribution >= 4 is 46.0 Å². The van der Waals surface area contributed by atoms with Gasteiger partial charge in [0, 0.05) is 48.6 Å². The zero-order chi connectivity index (χ0) is 20.5. The van der Waals surface area contributed by atoms with Crippen molar-refractivity contribution in [3.05, 3.63) is 64.8 Å². The second-order valence-electron chi connectivity index (χ2n) is 7.00. The highest BCUT2D eigenvalue weighted by Gasteiger charge is 2.22. The van der Waals surface area contributed by atoms with Gasteiger partial charge in [0.2, 0.25) is 5.95 Å². The number of hydrogen-bond acceptors (Lipinski definition) is 7. The summed E-state index contributed by atoms with van der Waals surface area (Å²) in [6.45, 7) is 3.79. The fraction of sp³-hybridized carbons (Fsp3) is 0.250. The molecule has 0 unspecified atom stereocenters. The van der Waals surface area contributed by atoms with E-state index in [9.17, 15) is 0 Å². The lowest BCUT2D eigenvalue weighted by Crippen LogP contribution is -2.47. The Morgan fingerprint density at radius 1 is 0.900 bits per heavy atom. The fourth-order valence-electron chi connectivity index (χ4n) is 3.63. The van der Waals surface area contributed by atoms with Crippen LogP contribution in [-0.2, 0) is 6.54 Å². The van der Waals surface area contributed by atoms with Crippen LogP contribution < -0.4 is 9.80 Å². The van der Waals surface area contributed by atoms with Crippen LogP contribution >= 0.6 is 23.2 Å². The number of nitrogens with zero attached hydrogens (tertiary/aromatic N) is 8. The van der Waals surface area contributed by atoms with Crippen LogP contribution in [0.4, 0.5) is 11.8 Å². The molecule has 1 aromatic carbocycles. The second kappa shape index (κ2) is 8.04. The smallest absolute Gasteiger partial charge is 0.225 e. The lowest BCUT2D eigenvalue weighted by atomic mass is 10.2. The van der Waals surface area contributed by atoms with Crippen LogP contribution in [-0.4, -0.2) is 55.9 Å². The van der Waals surface area contributed by atoms with Gasteiger partial charge in [-0.05, 0) is 23.8 Å². The molecule has 3 aromatic heterocycles. The lowest BCUT2D eigenvalue weighted by molar-refractivity contribution is 0.635. The summed E-state index contributed by atoms with van der Waals surface area (Å²) < 4.78 is 1.84. The Hall–Kier alpha value is -2.97. The van der Waals surface area contributed by atoms with Crippen LogP contribution in [0.3, 0.4) is 0 Å². The third-order valence-corrected chi connectivity index (χ3v) is 5.75. The quantitative estimate of drug-likeness (QED) is 0.481. The van der Waals surface area contributed by atoms with Gasteiger partial charge in [0.15, 0.2) is 5.65 Å². The number of benzene rings is 1. The Morgan fingerprint density at radius 2 is 1.67 bits per heavy atom. The fourth-order valence-corrected chi connectivity index (χ4v) is 4.10. The predicted molar refractivity (Wildman–Crippen MR) is 117 cm³/mol. The molecule has 152 valence electrons. The van der Waals surface area contributed by atoms with Gasteiger partial charge < -0.3 is 9.80 Å². The molecule has 30 heavy (non-hydrogen) atoms. The Morgan fingerprint density at radius 3 is 2.43 bits per heavy atom. The van der Waals surface area contributed by atoms with Crippen molar-refractivity contribution in [3.8, 4) is 0 Å². The van der Waals surface area contributed by atoms with E-state index < -0.39 is 0 Å². The van der Waals surface area contributed by atoms with Gasteiger partial charge in [0.25, 0.3) is 0 Å². The van der Waals surface area contributed by atoms with Crippen LogP contribution in [0, 0.1) is 0 Å². The zero-order valence-corrected chi connectivity index (χ0v) is 17.5. The molecular weight excluding hydrogens is 423 g/mol. The van der Waals surface area contributed by atoms with Gasteiger partial charge in [-0.3, -0.25) is 0 Å². The molecule has 4 heterocycles. The van der Waals surface area contributed by atoms with Crippen LogP contribution in [0.1, 0.15) is 5.56 Å². The van der Waals surface area contributed by atoms with Gasteiger partial charge in [-0.25, -0.2) is 24.6 Å². The lowest BCUT2D eigenvalue weighted by Gasteiger charge is -2.35. The molecule has 4 aromatic rings. The summed E-state index contributed by atoms with van der Waals surface area (Å²) >= 11 is 12.3. The van der Waals surface area contributed by atoms with Crippen molar-refractivity contribution in [2.24, 2.45) is 0 Å². The molecule has 8 nitrogen and oxygen atoms in total. The topological polar surface area (TPSA) is 75.9 Å². The molecule has 1 aliphatic heterocycles. The molecule has 0 spiro atoms. The van der Waals surface area contributed by atoms with Gasteiger partial charge in [-0.15, -0.1) is 0 Å². The summed E-state index contributed by atoms with van der Waals surface area (Å²) in [5, 5.41) is 6.68. The predicted octanol–water partition coefficient (Wildman–Crippen LogP) is 3.30. The maximum atomic E-state index is 6.33. The molecule has 5 rings (SSSR count). The highest BCUT2D eigenvalue weighted by molar-refractivity contribution is 6.35. The number of hydrogen-bond donors (Lipinski definition) is 0. The minimum absolute atomic E-state index is 0.509. The molecule has 1 saturated heterocycles. The molecule has 0 bridgehead atoms. The Balaban J connectivity index is 1.37. The van der Waals surface area contributed by atoms with Crippen LogP contribution in [0.5, 0.6) is 0 Å². The Bertz CT molecular complexity index is 1170. The molecule has 0 saturated carbocycles. The summed E-state index contributed by atoms with van der Waals surface area (Å²) in [6, 6.07) is 7.29. The van der Waals surface area contributed by atoms with Gasteiger partial charge in [-0.1, -0.05) is 29.3 Å². The molecule has 0 radical (unpaired) electrons. The number of aromatic nitrogens is 6. The SMILES string of the molecule is Clc1ccc(Cn2ncc3c(N4CCN(c5ncccn5)CC4)ncnc32)c(Cl)c1. The van der Waals surface area contributed by atoms with Gasteiger partial charge in [0.1, 0.15) is 12.1 Å². The third kappa shape index (κ3) is 3.64. The maximum absolute atomic E-state index is 6.33. The van der Waals surface area contributed by atoms with Crippen molar-refractivity contribution in [2.45, 2.75) is 6.54 Å². The van der Waals surface area contributed by atoms with E-state index in [1.807, 2.05) is 29.1 Å². The summed E-state index contributed by atoms with van der Waals surface area (Å²) in [5.74, 6) is 1.65. The van der Waals surface area contributed by atoms with Crippen molar-refractivity contribution in [2.75, 3.05) is 36.0 Å². The van der Waals surface area contributed by atoms with E-state index >= 15 is 0 Å². The van der Waals surface area contributed by atoms with Crippen LogP contribution in [0.2, 0.25) is 10.0 Å². The summed E-state index contributed by atoms with van der Waals surface area (Å²) in [7, 11) is 0. The Labute approximate surface area is 183 Å². The highest BCUT2D eigenvalue weighted by Crippen LogP contribution is 2.26. The molecule has 0 amide bonds. The van der Waals surface area contributed by atoms with Gasteiger partial charge in [0.05, 0.1) is 18.1 Å². The number of rotatable bonds is 4. The number of fused-ring (bicyclic) bond motifs is 1. The summed E-state index contributed by atoms with van der Waals surface area (Å²) in [5.41, 5.74) is 1.71. The molecule has 0 atom stereocenters. The van der Waals surface area contributed by atoms with E-state index in [0.717, 1.165) is 54.5 Å². The number of piperazine rings is 1. The van der Waals surface area contributed by atoms with E-state index in [-0.39, 0.29) is 0 Å². The molecule has 0 aliphatic carbocycles. The monoisotopic (exact) mass is 440 g/mol. The van der Waals surface area contributed by atoms with Gasteiger partial charge >= 0.3 is 0 Å². The summed E-state index contributed by atoms with van der Waals surface area (Å²) in [4.78, 5) is 22.1. The molecule has 10 heteroatoms. The summed E-state index contributed by atoms with van der Waals surface area (Å²) in [6.07, 6.45) is 6.95. The minimum atomic E-state index is 0.509.